The molecule has 29 heavy (non-hydrogen) atoms. The summed E-state index contributed by atoms with van der Waals surface area (Å²) in [7, 11) is -2.05. The molecule has 0 unspecified atom stereocenters. The maximum Gasteiger partial charge on any atom is 0.350 e. The van der Waals surface area contributed by atoms with Crippen molar-refractivity contribution in [3.05, 3.63) is 40.4 Å². The number of benzene rings is 1. The largest absolute Gasteiger partial charge is 0.462 e. The SMILES string of the molecule is CCCCN(C)S(=O)(=O)c1ccc(C(=O)Nc2nc(C)c(C(=O)OCC)s2)cc1. The topological polar surface area (TPSA) is 106 Å². The summed E-state index contributed by atoms with van der Waals surface area (Å²) < 4.78 is 31.3. The van der Waals surface area contributed by atoms with Crippen molar-refractivity contribution in [2.45, 2.75) is 38.5 Å². The van der Waals surface area contributed by atoms with Gasteiger partial charge in [-0.15, -0.1) is 0 Å². The first kappa shape index (κ1) is 23.0. The van der Waals surface area contributed by atoms with E-state index in [4.69, 9.17) is 4.74 Å². The number of ether oxygens (including phenoxy) is 1. The Morgan fingerprint density at radius 1 is 1.21 bits per heavy atom. The fourth-order valence-corrected chi connectivity index (χ4v) is 4.53. The number of hydrogen-bond acceptors (Lipinski definition) is 7. The van der Waals surface area contributed by atoms with Crippen LogP contribution in [0, 0.1) is 6.92 Å². The number of rotatable bonds is 9. The van der Waals surface area contributed by atoms with Crippen LogP contribution in [0.25, 0.3) is 0 Å². The monoisotopic (exact) mass is 439 g/mol. The summed E-state index contributed by atoms with van der Waals surface area (Å²) in [4.78, 5) is 28.9. The molecule has 2 aromatic rings. The van der Waals surface area contributed by atoms with Crippen LogP contribution in [0.1, 0.15) is 52.4 Å². The summed E-state index contributed by atoms with van der Waals surface area (Å²) >= 11 is 1.03. The van der Waals surface area contributed by atoms with E-state index < -0.39 is 21.9 Å². The van der Waals surface area contributed by atoms with E-state index in [-0.39, 0.29) is 22.2 Å². The zero-order valence-electron chi connectivity index (χ0n) is 16.9. The molecule has 1 aromatic heterocycles. The summed E-state index contributed by atoms with van der Waals surface area (Å²) in [6, 6.07) is 5.71. The summed E-state index contributed by atoms with van der Waals surface area (Å²) in [5, 5.41) is 2.90. The first-order valence-electron chi connectivity index (χ1n) is 9.23. The van der Waals surface area contributed by atoms with Gasteiger partial charge in [0.25, 0.3) is 5.91 Å². The molecule has 1 heterocycles. The number of carbonyl (C=O) groups excluding carboxylic acids is 2. The van der Waals surface area contributed by atoms with Gasteiger partial charge in [0.15, 0.2) is 5.13 Å². The Hall–Kier alpha value is -2.30. The highest BCUT2D eigenvalue weighted by Crippen LogP contribution is 2.24. The van der Waals surface area contributed by atoms with Crippen molar-refractivity contribution in [2.75, 3.05) is 25.5 Å². The van der Waals surface area contributed by atoms with Crippen molar-refractivity contribution >= 4 is 38.4 Å². The minimum Gasteiger partial charge on any atom is -0.462 e. The number of aromatic nitrogens is 1. The molecular weight excluding hydrogens is 414 g/mol. The lowest BCUT2D eigenvalue weighted by atomic mass is 10.2. The van der Waals surface area contributed by atoms with Crippen LogP contribution in [0.3, 0.4) is 0 Å². The molecule has 1 amide bonds. The number of anilines is 1. The number of nitrogens with zero attached hydrogens (tertiary/aromatic N) is 2. The van der Waals surface area contributed by atoms with Gasteiger partial charge in [0.05, 0.1) is 17.2 Å². The third kappa shape index (κ3) is 5.62. The van der Waals surface area contributed by atoms with Gasteiger partial charge in [0.2, 0.25) is 10.0 Å². The van der Waals surface area contributed by atoms with Crippen LogP contribution in [0.15, 0.2) is 29.2 Å². The molecule has 0 atom stereocenters. The molecule has 0 radical (unpaired) electrons. The molecule has 0 aliphatic carbocycles. The summed E-state index contributed by atoms with van der Waals surface area (Å²) in [5.41, 5.74) is 0.756. The molecule has 158 valence electrons. The quantitative estimate of drug-likeness (QED) is 0.601. The first-order valence-corrected chi connectivity index (χ1v) is 11.5. The van der Waals surface area contributed by atoms with Gasteiger partial charge in [0, 0.05) is 19.2 Å². The maximum absolute atomic E-state index is 12.5. The minimum absolute atomic E-state index is 0.127. The lowest BCUT2D eigenvalue weighted by Crippen LogP contribution is -2.28. The van der Waals surface area contributed by atoms with Gasteiger partial charge in [-0.2, -0.15) is 0 Å². The van der Waals surface area contributed by atoms with E-state index in [0.717, 1.165) is 24.2 Å². The zero-order chi connectivity index (χ0) is 21.6. The Morgan fingerprint density at radius 3 is 2.45 bits per heavy atom. The van der Waals surface area contributed by atoms with E-state index in [0.29, 0.717) is 17.1 Å². The molecule has 10 heteroatoms. The van der Waals surface area contributed by atoms with Gasteiger partial charge in [-0.3, -0.25) is 10.1 Å². The maximum atomic E-state index is 12.5. The smallest absolute Gasteiger partial charge is 0.350 e. The molecule has 0 saturated carbocycles. The highest BCUT2D eigenvalue weighted by atomic mass is 32.2. The number of esters is 1. The van der Waals surface area contributed by atoms with Crippen LogP contribution in [0.4, 0.5) is 5.13 Å². The van der Waals surface area contributed by atoms with E-state index in [1.165, 1.54) is 35.6 Å². The van der Waals surface area contributed by atoms with Crippen LogP contribution in [0.2, 0.25) is 0 Å². The molecule has 0 spiro atoms. The molecule has 0 aliphatic heterocycles. The second-order valence-corrected chi connectivity index (χ2v) is 9.36. The van der Waals surface area contributed by atoms with Crippen molar-refractivity contribution in [2.24, 2.45) is 0 Å². The second-order valence-electron chi connectivity index (χ2n) is 6.31. The normalized spacial score (nSPS) is 11.5. The highest BCUT2D eigenvalue weighted by molar-refractivity contribution is 7.89. The third-order valence-corrected chi connectivity index (χ3v) is 7.05. The first-order chi connectivity index (χ1) is 13.7. The van der Waals surface area contributed by atoms with E-state index in [1.807, 2.05) is 6.92 Å². The van der Waals surface area contributed by atoms with Crippen LogP contribution >= 0.6 is 11.3 Å². The fourth-order valence-electron chi connectivity index (χ4n) is 2.46. The molecule has 8 nitrogen and oxygen atoms in total. The number of amides is 1. The Bertz CT molecular complexity index is 968. The number of sulfonamides is 1. The average Bonchev–Trinajstić information content (AvgIpc) is 3.06. The van der Waals surface area contributed by atoms with Crippen LogP contribution < -0.4 is 5.32 Å². The van der Waals surface area contributed by atoms with Crippen molar-refractivity contribution in [1.82, 2.24) is 9.29 Å². The van der Waals surface area contributed by atoms with Crippen molar-refractivity contribution in [3.8, 4) is 0 Å². The Labute approximate surface area is 175 Å². The highest BCUT2D eigenvalue weighted by Gasteiger charge is 2.21. The molecule has 0 fully saturated rings. The number of nitrogens with one attached hydrogen (secondary N) is 1. The van der Waals surface area contributed by atoms with Gasteiger partial charge in [-0.25, -0.2) is 22.5 Å². The molecule has 2 rings (SSSR count). The third-order valence-electron chi connectivity index (χ3n) is 4.13. The van der Waals surface area contributed by atoms with Gasteiger partial charge >= 0.3 is 5.97 Å². The standard InChI is InChI=1S/C19H25N3O5S2/c1-5-7-12-22(4)29(25,26)15-10-8-14(9-11-15)17(23)21-19-20-13(3)16(28-19)18(24)27-6-2/h8-11H,5-7,12H2,1-4H3,(H,20,21,23). The average molecular weight is 440 g/mol. The molecule has 0 bridgehead atoms. The van der Waals surface area contributed by atoms with Crippen molar-refractivity contribution in [1.29, 1.82) is 0 Å². The van der Waals surface area contributed by atoms with Crippen molar-refractivity contribution in [3.63, 3.8) is 0 Å². The number of unbranched alkanes of at least 4 members (excludes halogenated alkanes) is 1. The lowest BCUT2D eigenvalue weighted by molar-refractivity contribution is 0.0531. The van der Waals surface area contributed by atoms with E-state index in [9.17, 15) is 18.0 Å². The second kappa shape index (κ2) is 9.95. The Kier molecular flexibility index (Phi) is 7.88. The summed E-state index contributed by atoms with van der Waals surface area (Å²) in [5.74, 6) is -0.929. The zero-order valence-corrected chi connectivity index (χ0v) is 18.5. The molecular formula is C19H25N3O5S2. The van der Waals surface area contributed by atoms with Gasteiger partial charge in [0.1, 0.15) is 4.88 Å². The number of aryl methyl sites for hydroxylation is 1. The molecule has 1 aromatic carbocycles. The number of hydrogen-bond donors (Lipinski definition) is 1. The predicted octanol–water partition coefficient (Wildman–Crippen LogP) is 3.30. The minimum atomic E-state index is -3.59. The van der Waals surface area contributed by atoms with E-state index in [1.54, 1.807) is 13.8 Å². The number of carbonyl (C=O) groups is 2. The molecule has 0 aliphatic rings. The summed E-state index contributed by atoms with van der Waals surface area (Å²) in [6.45, 7) is 6.05. The molecule has 1 N–H and O–H groups in total. The molecule has 0 saturated heterocycles. The fraction of sp³-hybridized carbons (Fsp3) is 0.421. The predicted molar refractivity (Wildman–Crippen MR) is 112 cm³/mol. The Morgan fingerprint density at radius 2 is 1.86 bits per heavy atom. The number of thiazole rings is 1. The van der Waals surface area contributed by atoms with E-state index in [2.05, 4.69) is 10.3 Å². The lowest BCUT2D eigenvalue weighted by Gasteiger charge is -2.16. The van der Waals surface area contributed by atoms with Crippen molar-refractivity contribution < 1.29 is 22.7 Å². The van der Waals surface area contributed by atoms with Gasteiger partial charge < -0.3 is 4.74 Å². The van der Waals surface area contributed by atoms with Crippen LogP contribution in [0.5, 0.6) is 0 Å². The van der Waals surface area contributed by atoms with Gasteiger partial charge in [-0.1, -0.05) is 24.7 Å². The summed E-state index contributed by atoms with van der Waals surface area (Å²) in [6.07, 6.45) is 1.67. The van der Waals surface area contributed by atoms with Crippen LogP contribution in [-0.2, 0) is 14.8 Å². The van der Waals surface area contributed by atoms with Crippen LogP contribution in [-0.4, -0.2) is 49.8 Å². The van der Waals surface area contributed by atoms with Gasteiger partial charge in [-0.05, 0) is 44.5 Å². The Balaban J connectivity index is 2.11. The van der Waals surface area contributed by atoms with E-state index >= 15 is 0 Å².